The number of carbonyl (C=O) groups is 2. The molecule has 9 heteroatoms. The van der Waals surface area contributed by atoms with Gasteiger partial charge in [-0.25, -0.2) is 9.78 Å². The Kier molecular flexibility index (Phi) is 3.94. The van der Waals surface area contributed by atoms with Gasteiger partial charge in [0.15, 0.2) is 11.9 Å². The lowest BCUT2D eigenvalue weighted by atomic mass is 10.2. The molecule has 0 aromatic carbocycles. The molecule has 1 amide bonds. The average molecular weight is 296 g/mol. The number of esters is 1. The van der Waals surface area contributed by atoms with Crippen LogP contribution < -0.4 is 10.5 Å². The molecule has 0 bridgehead atoms. The highest BCUT2D eigenvalue weighted by molar-refractivity contribution is 5.94. The van der Waals surface area contributed by atoms with Crippen molar-refractivity contribution in [3.05, 3.63) is 35.4 Å². The summed E-state index contributed by atoms with van der Waals surface area (Å²) >= 11 is 0. The number of aliphatic hydroxyl groups excluding tert-OH is 3. The van der Waals surface area contributed by atoms with Gasteiger partial charge in [-0.05, 0) is 12.1 Å². The van der Waals surface area contributed by atoms with Crippen LogP contribution in [-0.4, -0.2) is 51.0 Å². The normalized spacial score (nSPS) is 19.3. The van der Waals surface area contributed by atoms with Crippen molar-refractivity contribution in [1.82, 2.24) is 4.98 Å². The molecule has 1 aromatic rings. The third kappa shape index (κ3) is 2.87. The number of pyridine rings is 1. The summed E-state index contributed by atoms with van der Waals surface area (Å²) in [6.07, 6.45) is -1.56. The minimum Gasteiger partial charge on any atom is -0.505 e. The SMILES string of the molecule is NC(=O)c1cccnc1OC[C@H](O)C1OC(=O)C(O)=C1O. The van der Waals surface area contributed by atoms with Crippen LogP contribution in [0.5, 0.6) is 5.88 Å². The van der Waals surface area contributed by atoms with Gasteiger partial charge in [0.2, 0.25) is 11.6 Å². The fourth-order valence-corrected chi connectivity index (χ4v) is 1.67. The molecule has 2 atom stereocenters. The van der Waals surface area contributed by atoms with Crippen LogP contribution in [0.4, 0.5) is 0 Å². The number of amides is 1. The van der Waals surface area contributed by atoms with E-state index in [0.717, 1.165) is 0 Å². The summed E-state index contributed by atoms with van der Waals surface area (Å²) in [5.74, 6) is -3.77. The first-order valence-electron chi connectivity index (χ1n) is 5.80. The van der Waals surface area contributed by atoms with E-state index in [1.165, 1.54) is 18.3 Å². The number of cyclic esters (lactones) is 1. The van der Waals surface area contributed by atoms with Gasteiger partial charge in [-0.3, -0.25) is 4.79 Å². The standard InChI is InChI=1S/C12H12N2O7/c13-10(18)5-2-1-3-14-11(5)20-4-6(15)9-7(16)8(17)12(19)21-9/h1-3,6,9,15-17H,4H2,(H2,13,18)/t6-,9?/m0/s1. The van der Waals surface area contributed by atoms with E-state index in [1.54, 1.807) is 0 Å². The number of aliphatic hydroxyl groups is 3. The first-order chi connectivity index (χ1) is 9.91. The van der Waals surface area contributed by atoms with Crippen molar-refractivity contribution >= 4 is 11.9 Å². The Morgan fingerprint density at radius 3 is 2.81 bits per heavy atom. The van der Waals surface area contributed by atoms with Crippen molar-refractivity contribution < 1.29 is 34.4 Å². The smallest absolute Gasteiger partial charge is 0.377 e. The number of rotatable bonds is 5. The Balaban J connectivity index is 2.04. The molecule has 0 saturated heterocycles. The second-order valence-electron chi connectivity index (χ2n) is 4.16. The molecule has 1 aromatic heterocycles. The van der Waals surface area contributed by atoms with Crippen LogP contribution in [-0.2, 0) is 9.53 Å². The number of nitrogens with two attached hydrogens (primary N) is 1. The quantitative estimate of drug-likeness (QED) is 0.514. The fourth-order valence-electron chi connectivity index (χ4n) is 1.67. The number of hydrogen-bond donors (Lipinski definition) is 4. The molecule has 9 nitrogen and oxygen atoms in total. The summed E-state index contributed by atoms with van der Waals surface area (Å²) in [5.41, 5.74) is 5.14. The van der Waals surface area contributed by atoms with Crippen LogP contribution in [0, 0.1) is 0 Å². The molecular weight excluding hydrogens is 284 g/mol. The van der Waals surface area contributed by atoms with Crippen LogP contribution in [0.3, 0.4) is 0 Å². The Hall–Kier alpha value is -2.81. The number of primary amides is 1. The highest BCUT2D eigenvalue weighted by atomic mass is 16.6. The van der Waals surface area contributed by atoms with Gasteiger partial charge < -0.3 is 30.5 Å². The Morgan fingerprint density at radius 1 is 1.52 bits per heavy atom. The molecular formula is C12H12N2O7. The van der Waals surface area contributed by atoms with Gasteiger partial charge in [0.05, 0.1) is 0 Å². The Morgan fingerprint density at radius 2 is 2.24 bits per heavy atom. The molecule has 1 aliphatic heterocycles. The second-order valence-corrected chi connectivity index (χ2v) is 4.16. The van der Waals surface area contributed by atoms with Crippen LogP contribution >= 0.6 is 0 Å². The fraction of sp³-hybridized carbons (Fsp3) is 0.250. The first-order valence-corrected chi connectivity index (χ1v) is 5.80. The summed E-state index contributed by atoms with van der Waals surface area (Å²) in [4.78, 5) is 25.9. The van der Waals surface area contributed by atoms with E-state index in [4.69, 9.17) is 15.6 Å². The van der Waals surface area contributed by atoms with Crippen molar-refractivity contribution in [3.8, 4) is 5.88 Å². The van der Waals surface area contributed by atoms with E-state index in [-0.39, 0.29) is 11.4 Å². The zero-order valence-electron chi connectivity index (χ0n) is 10.6. The summed E-state index contributed by atoms with van der Waals surface area (Å²) in [5, 5.41) is 28.3. The minimum absolute atomic E-state index is 0.00993. The number of aromatic nitrogens is 1. The van der Waals surface area contributed by atoms with Crippen LogP contribution in [0.15, 0.2) is 29.8 Å². The number of carbonyl (C=O) groups excluding carboxylic acids is 2. The molecule has 0 aliphatic carbocycles. The summed E-state index contributed by atoms with van der Waals surface area (Å²) in [6.45, 7) is -0.452. The maximum atomic E-state index is 11.2. The van der Waals surface area contributed by atoms with E-state index in [1.807, 2.05) is 0 Å². The van der Waals surface area contributed by atoms with Crippen molar-refractivity contribution in [2.75, 3.05) is 6.61 Å². The van der Waals surface area contributed by atoms with E-state index < -0.39 is 42.2 Å². The first kappa shape index (κ1) is 14.6. The third-order valence-electron chi connectivity index (χ3n) is 2.72. The van der Waals surface area contributed by atoms with Crippen LogP contribution in [0.2, 0.25) is 0 Å². The van der Waals surface area contributed by atoms with Crippen molar-refractivity contribution in [3.63, 3.8) is 0 Å². The number of ether oxygens (including phenoxy) is 2. The van der Waals surface area contributed by atoms with Crippen molar-refractivity contribution in [1.29, 1.82) is 0 Å². The lowest BCUT2D eigenvalue weighted by Gasteiger charge is -2.17. The van der Waals surface area contributed by atoms with Gasteiger partial charge in [-0.2, -0.15) is 0 Å². The molecule has 21 heavy (non-hydrogen) atoms. The molecule has 5 N–H and O–H groups in total. The number of hydrogen-bond acceptors (Lipinski definition) is 8. The highest BCUT2D eigenvalue weighted by Crippen LogP contribution is 2.22. The molecule has 0 fully saturated rings. The van der Waals surface area contributed by atoms with E-state index in [9.17, 15) is 19.8 Å². The van der Waals surface area contributed by atoms with Gasteiger partial charge in [-0.15, -0.1) is 0 Å². The second kappa shape index (κ2) is 5.67. The summed E-state index contributed by atoms with van der Waals surface area (Å²) in [6, 6.07) is 2.87. The predicted octanol–water partition coefficient (Wildman–Crippen LogP) is -0.827. The molecule has 1 unspecified atom stereocenters. The minimum atomic E-state index is -1.47. The molecule has 112 valence electrons. The largest absolute Gasteiger partial charge is 0.505 e. The summed E-state index contributed by atoms with van der Waals surface area (Å²) < 4.78 is 9.68. The molecule has 0 spiro atoms. The van der Waals surface area contributed by atoms with Gasteiger partial charge in [0.1, 0.15) is 18.3 Å². The van der Waals surface area contributed by atoms with Crippen molar-refractivity contribution in [2.24, 2.45) is 5.73 Å². The van der Waals surface area contributed by atoms with E-state index in [0.29, 0.717) is 0 Å². The Labute approximate surface area is 118 Å². The van der Waals surface area contributed by atoms with Gasteiger partial charge in [0, 0.05) is 6.20 Å². The summed E-state index contributed by atoms with van der Waals surface area (Å²) in [7, 11) is 0. The maximum absolute atomic E-state index is 11.2. The molecule has 2 rings (SSSR count). The van der Waals surface area contributed by atoms with E-state index >= 15 is 0 Å². The molecule has 1 aliphatic rings. The zero-order valence-corrected chi connectivity index (χ0v) is 10.6. The molecule has 0 radical (unpaired) electrons. The van der Waals surface area contributed by atoms with E-state index in [2.05, 4.69) is 9.72 Å². The third-order valence-corrected chi connectivity index (χ3v) is 2.72. The Bertz CT molecular complexity index is 613. The van der Waals surface area contributed by atoms with Crippen LogP contribution in [0.1, 0.15) is 10.4 Å². The highest BCUT2D eigenvalue weighted by Gasteiger charge is 2.39. The molecule has 2 heterocycles. The van der Waals surface area contributed by atoms with Gasteiger partial charge >= 0.3 is 5.97 Å². The molecule has 0 saturated carbocycles. The lowest BCUT2D eigenvalue weighted by molar-refractivity contribution is -0.147. The van der Waals surface area contributed by atoms with Crippen LogP contribution in [0.25, 0.3) is 0 Å². The van der Waals surface area contributed by atoms with Gasteiger partial charge in [-0.1, -0.05) is 0 Å². The average Bonchev–Trinajstić information content (AvgIpc) is 2.72. The lowest BCUT2D eigenvalue weighted by Crippen LogP contribution is -2.34. The van der Waals surface area contributed by atoms with Gasteiger partial charge in [0.25, 0.3) is 5.91 Å². The topological polar surface area (TPSA) is 152 Å². The number of nitrogens with zero attached hydrogens (tertiary/aromatic N) is 1. The maximum Gasteiger partial charge on any atom is 0.377 e. The zero-order chi connectivity index (χ0) is 15.6. The van der Waals surface area contributed by atoms with Crippen molar-refractivity contribution in [2.45, 2.75) is 12.2 Å². The monoisotopic (exact) mass is 296 g/mol. The predicted molar refractivity (Wildman–Crippen MR) is 66.4 cm³/mol.